The van der Waals surface area contributed by atoms with Crippen LogP contribution >= 0.6 is 12.4 Å². The zero-order valence-electron chi connectivity index (χ0n) is 9.58. The molecular weight excluding hydrogens is 271 g/mol. The number of alkyl halides is 3. The molecule has 0 aliphatic carbocycles. The van der Waals surface area contributed by atoms with Crippen molar-refractivity contribution < 1.29 is 22.6 Å². The molecule has 18 heavy (non-hydrogen) atoms. The molecule has 0 amide bonds. The Balaban J connectivity index is 0.00000162. The van der Waals surface area contributed by atoms with Gasteiger partial charge in [0.1, 0.15) is 11.5 Å². The molecule has 0 bridgehead atoms. The monoisotopic (exact) mass is 283 g/mol. The molecule has 1 heterocycles. The molecule has 1 fully saturated rings. The largest absolute Gasteiger partial charge is 0.573 e. The summed E-state index contributed by atoms with van der Waals surface area (Å²) >= 11 is 0. The van der Waals surface area contributed by atoms with Gasteiger partial charge in [-0.25, -0.2) is 0 Å². The molecule has 0 radical (unpaired) electrons. The summed E-state index contributed by atoms with van der Waals surface area (Å²) in [5.74, 6) is 0.346. The summed E-state index contributed by atoms with van der Waals surface area (Å²) in [6, 6.07) is 4.13. The van der Waals surface area contributed by atoms with E-state index in [4.69, 9.17) is 4.74 Å². The molecule has 102 valence electrons. The van der Waals surface area contributed by atoms with Crippen molar-refractivity contribution >= 4 is 12.4 Å². The van der Waals surface area contributed by atoms with Gasteiger partial charge in [0.2, 0.25) is 0 Å². The average Bonchev–Trinajstić information content (AvgIpc) is 2.13. The molecule has 0 saturated carbocycles. The minimum Gasteiger partial charge on any atom is -0.496 e. The summed E-state index contributed by atoms with van der Waals surface area (Å²) in [5, 5.41) is 3.11. The number of halogens is 4. The minimum atomic E-state index is -4.67. The van der Waals surface area contributed by atoms with Crippen LogP contribution in [0.15, 0.2) is 18.2 Å². The second-order valence-corrected chi connectivity index (χ2v) is 3.75. The number of ether oxygens (including phenoxy) is 2. The third-order valence-corrected chi connectivity index (χ3v) is 2.63. The first-order chi connectivity index (χ1) is 7.99. The second-order valence-electron chi connectivity index (χ2n) is 3.75. The number of methoxy groups -OCH3 is 1. The van der Waals surface area contributed by atoms with Crippen molar-refractivity contribution in [3.05, 3.63) is 23.8 Å². The van der Waals surface area contributed by atoms with Crippen LogP contribution < -0.4 is 14.8 Å². The fourth-order valence-corrected chi connectivity index (χ4v) is 1.74. The number of benzene rings is 1. The first-order valence-electron chi connectivity index (χ1n) is 5.16. The first kappa shape index (κ1) is 14.9. The van der Waals surface area contributed by atoms with Crippen LogP contribution in [0.1, 0.15) is 18.0 Å². The van der Waals surface area contributed by atoms with Gasteiger partial charge < -0.3 is 14.8 Å². The molecule has 3 nitrogen and oxygen atoms in total. The average molecular weight is 284 g/mol. The summed E-state index contributed by atoms with van der Waals surface area (Å²) in [6.07, 6.45) is -3.79. The summed E-state index contributed by atoms with van der Waals surface area (Å²) < 4.78 is 45.2. The Morgan fingerprint density at radius 2 is 2.00 bits per heavy atom. The molecule has 0 aromatic heterocycles. The number of hydrogen-bond acceptors (Lipinski definition) is 3. The standard InChI is InChI=1S/C11H12F3NO2.ClH/c1-16-10-3-2-7(17-11(12,13)14)6-8(10)9-4-5-15-9;/h2-3,6,9,15H,4-5H2,1H3;1H/t9-;/m0./s1. The van der Waals surface area contributed by atoms with E-state index >= 15 is 0 Å². The van der Waals surface area contributed by atoms with Crippen molar-refractivity contribution in [1.82, 2.24) is 5.32 Å². The van der Waals surface area contributed by atoms with Crippen molar-refractivity contribution in [2.45, 2.75) is 18.8 Å². The van der Waals surface area contributed by atoms with E-state index < -0.39 is 6.36 Å². The zero-order valence-corrected chi connectivity index (χ0v) is 10.4. The van der Waals surface area contributed by atoms with Crippen molar-refractivity contribution in [1.29, 1.82) is 0 Å². The van der Waals surface area contributed by atoms with Crippen LogP contribution in [-0.4, -0.2) is 20.0 Å². The molecule has 1 atom stereocenters. The molecule has 2 rings (SSSR count). The lowest BCUT2D eigenvalue weighted by molar-refractivity contribution is -0.274. The SMILES string of the molecule is COc1ccc(OC(F)(F)F)cc1[C@@H]1CCN1.Cl. The first-order valence-corrected chi connectivity index (χ1v) is 5.16. The summed E-state index contributed by atoms with van der Waals surface area (Å²) in [4.78, 5) is 0. The van der Waals surface area contributed by atoms with Gasteiger partial charge in [-0.1, -0.05) is 0 Å². The van der Waals surface area contributed by atoms with Crippen LogP contribution in [0.3, 0.4) is 0 Å². The van der Waals surface area contributed by atoms with Gasteiger partial charge in [-0.05, 0) is 31.2 Å². The Labute approximate surface area is 109 Å². The predicted molar refractivity (Wildman–Crippen MR) is 62.3 cm³/mol. The second kappa shape index (κ2) is 5.67. The number of nitrogens with one attached hydrogen (secondary N) is 1. The highest BCUT2D eigenvalue weighted by Gasteiger charge is 2.32. The van der Waals surface area contributed by atoms with E-state index in [9.17, 15) is 13.2 Å². The van der Waals surface area contributed by atoms with Crippen LogP contribution in [-0.2, 0) is 0 Å². The third kappa shape index (κ3) is 3.43. The van der Waals surface area contributed by atoms with E-state index in [2.05, 4.69) is 10.1 Å². The van der Waals surface area contributed by atoms with Crippen molar-refractivity contribution in [3.8, 4) is 11.5 Å². The summed E-state index contributed by atoms with van der Waals surface area (Å²) in [6.45, 7) is 0.859. The maximum atomic E-state index is 12.1. The Kier molecular flexibility index (Phi) is 4.70. The molecule has 0 spiro atoms. The summed E-state index contributed by atoms with van der Waals surface area (Å²) in [7, 11) is 1.49. The number of rotatable bonds is 3. The van der Waals surface area contributed by atoms with Crippen LogP contribution in [0.2, 0.25) is 0 Å². The Morgan fingerprint density at radius 1 is 1.33 bits per heavy atom. The fraction of sp³-hybridized carbons (Fsp3) is 0.455. The molecule has 1 aromatic rings. The highest BCUT2D eigenvalue weighted by molar-refractivity contribution is 5.85. The quantitative estimate of drug-likeness (QED) is 0.925. The molecule has 1 aliphatic heterocycles. The smallest absolute Gasteiger partial charge is 0.496 e. The van der Waals surface area contributed by atoms with Crippen molar-refractivity contribution in [2.75, 3.05) is 13.7 Å². The molecule has 1 saturated heterocycles. The zero-order chi connectivity index (χ0) is 12.5. The fourth-order valence-electron chi connectivity index (χ4n) is 1.74. The number of hydrogen-bond donors (Lipinski definition) is 1. The van der Waals surface area contributed by atoms with Crippen molar-refractivity contribution in [3.63, 3.8) is 0 Å². The van der Waals surface area contributed by atoms with Crippen LogP contribution in [0, 0.1) is 0 Å². The molecule has 7 heteroatoms. The lowest BCUT2D eigenvalue weighted by atomic mass is 9.97. The van der Waals surface area contributed by atoms with Gasteiger partial charge in [0, 0.05) is 11.6 Å². The van der Waals surface area contributed by atoms with Crippen LogP contribution in [0.25, 0.3) is 0 Å². The topological polar surface area (TPSA) is 30.5 Å². The maximum absolute atomic E-state index is 12.1. The van der Waals surface area contributed by atoms with E-state index in [1.165, 1.54) is 25.3 Å². The molecule has 0 unspecified atom stereocenters. The van der Waals surface area contributed by atoms with Crippen LogP contribution in [0.4, 0.5) is 13.2 Å². The van der Waals surface area contributed by atoms with Gasteiger partial charge >= 0.3 is 6.36 Å². The molecule has 1 aliphatic rings. The summed E-state index contributed by atoms with van der Waals surface area (Å²) in [5.41, 5.74) is 0.695. The van der Waals surface area contributed by atoms with Gasteiger partial charge in [-0.3, -0.25) is 0 Å². The lowest BCUT2D eigenvalue weighted by Crippen LogP contribution is -2.35. The third-order valence-electron chi connectivity index (χ3n) is 2.63. The highest BCUT2D eigenvalue weighted by atomic mass is 35.5. The van der Waals surface area contributed by atoms with E-state index in [1.54, 1.807) is 0 Å². The Morgan fingerprint density at radius 3 is 2.44 bits per heavy atom. The molecular formula is C11H13ClF3NO2. The van der Waals surface area contributed by atoms with E-state index in [-0.39, 0.29) is 24.2 Å². The highest BCUT2D eigenvalue weighted by Crippen LogP contribution is 2.35. The minimum absolute atomic E-state index is 0. The molecule has 1 aromatic carbocycles. The van der Waals surface area contributed by atoms with Gasteiger partial charge in [-0.2, -0.15) is 0 Å². The normalized spacial score (nSPS) is 18.6. The predicted octanol–water partition coefficient (Wildman–Crippen LogP) is 3.05. The Hall–Kier alpha value is -1.14. The molecule has 1 N–H and O–H groups in total. The van der Waals surface area contributed by atoms with E-state index in [0.29, 0.717) is 11.3 Å². The maximum Gasteiger partial charge on any atom is 0.573 e. The van der Waals surface area contributed by atoms with E-state index in [0.717, 1.165) is 13.0 Å². The Bertz CT molecular complexity index is 408. The van der Waals surface area contributed by atoms with Crippen LogP contribution in [0.5, 0.6) is 11.5 Å². The van der Waals surface area contributed by atoms with Gasteiger partial charge in [0.15, 0.2) is 0 Å². The van der Waals surface area contributed by atoms with Gasteiger partial charge in [0.05, 0.1) is 7.11 Å². The lowest BCUT2D eigenvalue weighted by Gasteiger charge is -2.29. The van der Waals surface area contributed by atoms with Gasteiger partial charge in [-0.15, -0.1) is 25.6 Å². The van der Waals surface area contributed by atoms with Crippen molar-refractivity contribution in [2.24, 2.45) is 0 Å². The van der Waals surface area contributed by atoms with Gasteiger partial charge in [0.25, 0.3) is 0 Å². The van der Waals surface area contributed by atoms with E-state index in [1.807, 2.05) is 0 Å².